The number of aliphatic hydroxyl groups is 1. The highest BCUT2D eigenvalue weighted by molar-refractivity contribution is 5.83. The number of ether oxygens (including phenoxy) is 2. The van der Waals surface area contributed by atoms with E-state index in [-0.39, 0.29) is 23.8 Å². The predicted octanol–water partition coefficient (Wildman–Crippen LogP) is 3.21. The summed E-state index contributed by atoms with van der Waals surface area (Å²) in [4.78, 5) is 12.8. The highest BCUT2D eigenvalue weighted by Crippen LogP contribution is 2.31. The van der Waals surface area contributed by atoms with Gasteiger partial charge in [-0.15, -0.1) is 0 Å². The zero-order chi connectivity index (χ0) is 20.1. The molecule has 0 fully saturated rings. The molecule has 0 radical (unpaired) electrons. The van der Waals surface area contributed by atoms with Crippen molar-refractivity contribution in [1.82, 2.24) is 5.32 Å². The monoisotopic (exact) mass is 383 g/mol. The van der Waals surface area contributed by atoms with Crippen molar-refractivity contribution in [3.05, 3.63) is 58.8 Å². The second-order valence-electron chi connectivity index (χ2n) is 6.85. The number of methoxy groups -OCH3 is 1. The van der Waals surface area contributed by atoms with Crippen LogP contribution in [-0.2, 0) is 0 Å². The number of benzene rings is 2. The molecule has 148 valence electrons. The number of hydrogen-bond donors (Lipinski definition) is 2. The number of aliphatic hydroxyl groups excluding tert-OH is 1. The molecule has 2 N–H and O–H groups in total. The Morgan fingerprint density at radius 3 is 2.57 bits per heavy atom. The van der Waals surface area contributed by atoms with E-state index in [4.69, 9.17) is 13.9 Å². The van der Waals surface area contributed by atoms with E-state index in [2.05, 4.69) is 5.32 Å². The molecule has 0 aliphatic heterocycles. The SMILES string of the molecule is COc1c(-c2ccccc2)oc2cc(OCC(O)CNC(C)C)ccc2c1=O. The number of nitrogens with one attached hydrogen (secondary N) is 1. The molecule has 0 aliphatic carbocycles. The largest absolute Gasteiger partial charge is 0.491 e. The van der Waals surface area contributed by atoms with Gasteiger partial charge in [0.15, 0.2) is 5.76 Å². The van der Waals surface area contributed by atoms with Gasteiger partial charge >= 0.3 is 0 Å². The van der Waals surface area contributed by atoms with E-state index in [0.717, 1.165) is 5.56 Å². The van der Waals surface area contributed by atoms with Crippen LogP contribution in [0.5, 0.6) is 11.5 Å². The first-order chi connectivity index (χ1) is 13.5. The molecule has 0 saturated heterocycles. The van der Waals surface area contributed by atoms with Gasteiger partial charge in [-0.3, -0.25) is 4.79 Å². The summed E-state index contributed by atoms with van der Waals surface area (Å²) in [6, 6.07) is 14.6. The summed E-state index contributed by atoms with van der Waals surface area (Å²) in [5, 5.41) is 13.6. The first-order valence-electron chi connectivity index (χ1n) is 9.24. The molecule has 1 aromatic heterocycles. The lowest BCUT2D eigenvalue weighted by Gasteiger charge is -2.15. The molecule has 3 aromatic rings. The van der Waals surface area contributed by atoms with E-state index < -0.39 is 6.10 Å². The molecular weight excluding hydrogens is 358 g/mol. The van der Waals surface area contributed by atoms with Crippen molar-refractivity contribution >= 4 is 11.0 Å². The average molecular weight is 383 g/mol. The normalized spacial score (nSPS) is 12.3. The molecule has 0 aliphatic rings. The maximum atomic E-state index is 12.8. The van der Waals surface area contributed by atoms with Crippen molar-refractivity contribution in [2.24, 2.45) is 0 Å². The Morgan fingerprint density at radius 1 is 1.14 bits per heavy atom. The molecule has 1 atom stereocenters. The molecular formula is C22H25NO5. The van der Waals surface area contributed by atoms with Crippen LogP contribution in [0.4, 0.5) is 0 Å². The van der Waals surface area contributed by atoms with Gasteiger partial charge in [-0.2, -0.15) is 0 Å². The lowest BCUT2D eigenvalue weighted by Crippen LogP contribution is -2.35. The highest BCUT2D eigenvalue weighted by atomic mass is 16.5. The van der Waals surface area contributed by atoms with Crippen molar-refractivity contribution in [2.75, 3.05) is 20.3 Å². The van der Waals surface area contributed by atoms with Crippen LogP contribution in [-0.4, -0.2) is 37.5 Å². The quantitative estimate of drug-likeness (QED) is 0.622. The van der Waals surface area contributed by atoms with Crippen molar-refractivity contribution < 1.29 is 19.0 Å². The van der Waals surface area contributed by atoms with Gasteiger partial charge in [0.25, 0.3) is 0 Å². The lowest BCUT2D eigenvalue weighted by molar-refractivity contribution is 0.104. The molecule has 0 amide bonds. The zero-order valence-electron chi connectivity index (χ0n) is 16.3. The summed E-state index contributed by atoms with van der Waals surface area (Å²) in [6.07, 6.45) is -0.638. The Kier molecular flexibility index (Phi) is 6.34. The van der Waals surface area contributed by atoms with E-state index in [0.29, 0.717) is 29.0 Å². The second kappa shape index (κ2) is 8.91. The predicted molar refractivity (Wildman–Crippen MR) is 109 cm³/mol. The van der Waals surface area contributed by atoms with E-state index in [1.807, 2.05) is 44.2 Å². The van der Waals surface area contributed by atoms with E-state index in [9.17, 15) is 9.90 Å². The summed E-state index contributed by atoms with van der Waals surface area (Å²) in [6.45, 7) is 4.60. The molecule has 0 bridgehead atoms. The van der Waals surface area contributed by atoms with Crippen LogP contribution in [0.2, 0.25) is 0 Å². The van der Waals surface area contributed by atoms with Gasteiger partial charge in [0, 0.05) is 24.2 Å². The van der Waals surface area contributed by atoms with Crippen LogP contribution in [0.3, 0.4) is 0 Å². The van der Waals surface area contributed by atoms with Crippen molar-refractivity contribution in [3.63, 3.8) is 0 Å². The molecule has 6 nitrogen and oxygen atoms in total. The molecule has 2 aromatic carbocycles. The van der Waals surface area contributed by atoms with E-state index in [1.54, 1.807) is 18.2 Å². The third-order valence-electron chi connectivity index (χ3n) is 4.27. The van der Waals surface area contributed by atoms with Crippen LogP contribution >= 0.6 is 0 Å². The van der Waals surface area contributed by atoms with Crippen LogP contribution in [0.25, 0.3) is 22.3 Å². The molecule has 3 rings (SSSR count). The molecule has 6 heteroatoms. The highest BCUT2D eigenvalue weighted by Gasteiger charge is 2.17. The Hall–Kier alpha value is -2.83. The molecule has 1 unspecified atom stereocenters. The molecule has 0 saturated carbocycles. The summed E-state index contributed by atoms with van der Waals surface area (Å²) in [5.74, 6) is 1.06. The van der Waals surface area contributed by atoms with Gasteiger partial charge < -0.3 is 24.3 Å². The Bertz CT molecular complexity index is 981. The number of fused-ring (bicyclic) bond motifs is 1. The first-order valence-corrected chi connectivity index (χ1v) is 9.24. The molecule has 28 heavy (non-hydrogen) atoms. The number of rotatable bonds is 8. The van der Waals surface area contributed by atoms with Gasteiger partial charge in [0.1, 0.15) is 24.0 Å². The van der Waals surface area contributed by atoms with Gasteiger partial charge in [0.05, 0.1) is 12.5 Å². The zero-order valence-corrected chi connectivity index (χ0v) is 16.3. The summed E-state index contributed by atoms with van der Waals surface area (Å²) >= 11 is 0. The minimum Gasteiger partial charge on any atom is -0.491 e. The fourth-order valence-electron chi connectivity index (χ4n) is 2.83. The van der Waals surface area contributed by atoms with Crippen molar-refractivity contribution in [2.45, 2.75) is 26.0 Å². The maximum Gasteiger partial charge on any atom is 0.235 e. The fraction of sp³-hybridized carbons (Fsp3) is 0.318. The standard InChI is InChI=1S/C22H25NO5/c1-14(2)23-12-16(24)13-27-17-9-10-18-19(11-17)28-21(22(26-3)20(18)25)15-7-5-4-6-8-15/h4-11,14,16,23-24H,12-13H2,1-3H3. The van der Waals surface area contributed by atoms with Crippen molar-refractivity contribution in [3.8, 4) is 22.8 Å². The third kappa shape index (κ3) is 4.52. The molecule has 1 heterocycles. The van der Waals surface area contributed by atoms with Gasteiger partial charge in [-0.25, -0.2) is 0 Å². The fourth-order valence-corrected chi connectivity index (χ4v) is 2.83. The summed E-state index contributed by atoms with van der Waals surface area (Å²) in [5.41, 5.74) is 0.909. The number of hydrogen-bond acceptors (Lipinski definition) is 6. The summed E-state index contributed by atoms with van der Waals surface area (Å²) < 4.78 is 17.0. The van der Waals surface area contributed by atoms with Gasteiger partial charge in [0.2, 0.25) is 11.2 Å². The lowest BCUT2D eigenvalue weighted by atomic mass is 10.1. The average Bonchev–Trinajstić information content (AvgIpc) is 2.71. The van der Waals surface area contributed by atoms with Crippen LogP contribution in [0, 0.1) is 0 Å². The van der Waals surface area contributed by atoms with Crippen LogP contribution in [0.1, 0.15) is 13.8 Å². The third-order valence-corrected chi connectivity index (χ3v) is 4.27. The van der Waals surface area contributed by atoms with Crippen LogP contribution < -0.4 is 20.2 Å². The van der Waals surface area contributed by atoms with Crippen LogP contribution in [0.15, 0.2) is 57.7 Å². The van der Waals surface area contributed by atoms with E-state index >= 15 is 0 Å². The second-order valence-corrected chi connectivity index (χ2v) is 6.85. The van der Waals surface area contributed by atoms with Gasteiger partial charge in [-0.1, -0.05) is 44.2 Å². The smallest absolute Gasteiger partial charge is 0.235 e. The Balaban J connectivity index is 1.90. The summed E-state index contributed by atoms with van der Waals surface area (Å²) in [7, 11) is 1.45. The topological polar surface area (TPSA) is 80.9 Å². The van der Waals surface area contributed by atoms with E-state index in [1.165, 1.54) is 7.11 Å². The first kappa shape index (κ1) is 19.9. The Morgan fingerprint density at radius 2 is 1.89 bits per heavy atom. The minimum absolute atomic E-state index is 0.136. The molecule has 0 spiro atoms. The van der Waals surface area contributed by atoms with Gasteiger partial charge in [-0.05, 0) is 12.1 Å². The maximum absolute atomic E-state index is 12.8. The van der Waals surface area contributed by atoms with Crippen molar-refractivity contribution in [1.29, 1.82) is 0 Å². The minimum atomic E-state index is -0.638. The Labute approximate surface area is 163 Å².